The Morgan fingerprint density at radius 1 is 1.22 bits per heavy atom. The number of rotatable bonds is 5. The van der Waals surface area contributed by atoms with Crippen molar-refractivity contribution in [1.82, 2.24) is 10.2 Å². The molecule has 0 bridgehead atoms. The molecule has 2 aliphatic rings. The first-order valence-electron chi connectivity index (χ1n) is 9.72. The first-order valence-corrected chi connectivity index (χ1v) is 9.72. The largest absolute Gasteiger partial charge is 0.445 e. The molecule has 148 valence electrons. The van der Waals surface area contributed by atoms with Crippen molar-refractivity contribution in [2.75, 3.05) is 13.1 Å². The maximum Gasteiger partial charge on any atom is 0.410 e. The van der Waals surface area contributed by atoms with Gasteiger partial charge in [0.25, 0.3) is 0 Å². The maximum atomic E-state index is 12.3. The van der Waals surface area contributed by atoms with Gasteiger partial charge in [-0.25, -0.2) is 9.59 Å². The minimum Gasteiger partial charge on any atom is -0.445 e. The fourth-order valence-corrected chi connectivity index (χ4v) is 3.58. The van der Waals surface area contributed by atoms with E-state index in [2.05, 4.69) is 5.32 Å². The number of alkyl carbamates (subject to hydrolysis) is 1. The van der Waals surface area contributed by atoms with Crippen molar-refractivity contribution in [3.05, 3.63) is 35.9 Å². The van der Waals surface area contributed by atoms with Crippen LogP contribution in [0.15, 0.2) is 30.3 Å². The summed E-state index contributed by atoms with van der Waals surface area (Å²) in [6.45, 7) is 7.28. The molecule has 1 aromatic rings. The highest BCUT2D eigenvalue weighted by Crippen LogP contribution is 2.43. The number of hydrogen-bond donors (Lipinski definition) is 1. The van der Waals surface area contributed by atoms with Gasteiger partial charge in [-0.05, 0) is 57.9 Å². The molecule has 0 spiro atoms. The van der Waals surface area contributed by atoms with Crippen LogP contribution in [0.2, 0.25) is 0 Å². The molecular weight excluding hydrogens is 344 g/mol. The third-order valence-corrected chi connectivity index (χ3v) is 5.05. The standard InChI is InChI=1S/C21H30N2O4/c1-20(2,3)27-18(24)22-21(10-11-21)13-17-9-12-23(14-17)19(25)26-15-16-7-5-4-6-8-16/h4-8,17H,9-15H2,1-3H3,(H,22,24). The predicted molar refractivity (Wildman–Crippen MR) is 102 cm³/mol. The van der Waals surface area contributed by atoms with Crippen LogP contribution in [-0.2, 0) is 16.1 Å². The van der Waals surface area contributed by atoms with Gasteiger partial charge in [0.2, 0.25) is 0 Å². The average molecular weight is 374 g/mol. The van der Waals surface area contributed by atoms with Gasteiger partial charge in [0.05, 0.1) is 0 Å². The molecule has 1 saturated carbocycles. The third kappa shape index (κ3) is 5.88. The highest BCUT2D eigenvalue weighted by Gasteiger charge is 2.47. The zero-order chi connectivity index (χ0) is 19.5. The molecule has 1 aliphatic carbocycles. The molecule has 2 amide bonds. The van der Waals surface area contributed by atoms with Gasteiger partial charge in [0.1, 0.15) is 12.2 Å². The first-order chi connectivity index (χ1) is 12.7. The number of nitrogens with one attached hydrogen (secondary N) is 1. The van der Waals surface area contributed by atoms with E-state index in [0.29, 0.717) is 25.6 Å². The van der Waals surface area contributed by atoms with E-state index < -0.39 is 5.60 Å². The van der Waals surface area contributed by atoms with Crippen LogP contribution < -0.4 is 5.32 Å². The van der Waals surface area contributed by atoms with Crippen LogP contribution in [0.5, 0.6) is 0 Å². The van der Waals surface area contributed by atoms with Crippen LogP contribution in [0, 0.1) is 5.92 Å². The van der Waals surface area contributed by atoms with E-state index in [4.69, 9.17) is 9.47 Å². The van der Waals surface area contributed by atoms with Gasteiger partial charge in [-0.15, -0.1) is 0 Å². The molecule has 1 aliphatic heterocycles. The van der Waals surface area contributed by atoms with Crippen LogP contribution in [0.1, 0.15) is 52.0 Å². The van der Waals surface area contributed by atoms with E-state index in [9.17, 15) is 9.59 Å². The zero-order valence-electron chi connectivity index (χ0n) is 16.5. The summed E-state index contributed by atoms with van der Waals surface area (Å²) in [5.74, 6) is 0.381. The zero-order valence-corrected chi connectivity index (χ0v) is 16.5. The molecule has 6 nitrogen and oxygen atoms in total. The summed E-state index contributed by atoms with van der Waals surface area (Å²) < 4.78 is 10.8. The Morgan fingerprint density at radius 2 is 1.93 bits per heavy atom. The lowest BCUT2D eigenvalue weighted by molar-refractivity contribution is 0.0487. The van der Waals surface area contributed by atoms with E-state index in [1.54, 1.807) is 4.90 Å². The Balaban J connectivity index is 1.42. The number of carbonyl (C=O) groups excluding carboxylic acids is 2. The Kier molecular flexibility index (Phi) is 5.63. The molecular formula is C21H30N2O4. The van der Waals surface area contributed by atoms with Crippen molar-refractivity contribution in [2.24, 2.45) is 5.92 Å². The number of nitrogens with zero attached hydrogens (tertiary/aromatic N) is 1. The van der Waals surface area contributed by atoms with Crippen molar-refractivity contribution in [1.29, 1.82) is 0 Å². The summed E-state index contributed by atoms with van der Waals surface area (Å²) in [6, 6.07) is 9.69. The summed E-state index contributed by atoms with van der Waals surface area (Å²) >= 11 is 0. The van der Waals surface area contributed by atoms with Gasteiger partial charge in [0, 0.05) is 18.6 Å². The summed E-state index contributed by atoms with van der Waals surface area (Å²) in [5.41, 5.74) is 0.337. The normalized spacial score (nSPS) is 20.9. The molecule has 1 N–H and O–H groups in total. The van der Waals surface area contributed by atoms with Gasteiger partial charge in [0.15, 0.2) is 0 Å². The lowest BCUT2D eigenvalue weighted by Crippen LogP contribution is -2.42. The summed E-state index contributed by atoms with van der Waals surface area (Å²) in [7, 11) is 0. The second-order valence-electron chi connectivity index (χ2n) is 8.75. The molecule has 0 aromatic heterocycles. The number of carbonyl (C=O) groups is 2. The number of ether oxygens (including phenoxy) is 2. The molecule has 1 saturated heterocycles. The fraction of sp³-hybridized carbons (Fsp3) is 0.619. The van der Waals surface area contributed by atoms with E-state index >= 15 is 0 Å². The Labute approximate surface area is 161 Å². The molecule has 2 fully saturated rings. The summed E-state index contributed by atoms with van der Waals surface area (Å²) in [4.78, 5) is 26.1. The monoisotopic (exact) mass is 374 g/mol. The number of likely N-dealkylation sites (tertiary alicyclic amines) is 1. The molecule has 0 radical (unpaired) electrons. The van der Waals surface area contributed by atoms with Crippen molar-refractivity contribution >= 4 is 12.2 Å². The summed E-state index contributed by atoms with van der Waals surface area (Å²) in [5, 5.41) is 3.05. The van der Waals surface area contributed by atoms with E-state index in [1.165, 1.54) is 0 Å². The van der Waals surface area contributed by atoms with E-state index in [1.807, 2.05) is 51.1 Å². The van der Waals surface area contributed by atoms with Crippen molar-refractivity contribution in [3.8, 4) is 0 Å². The van der Waals surface area contributed by atoms with Crippen molar-refractivity contribution in [3.63, 3.8) is 0 Å². The Morgan fingerprint density at radius 3 is 2.56 bits per heavy atom. The van der Waals surface area contributed by atoms with Crippen LogP contribution in [0.3, 0.4) is 0 Å². The van der Waals surface area contributed by atoms with Crippen LogP contribution in [0.25, 0.3) is 0 Å². The minimum absolute atomic E-state index is 0.156. The predicted octanol–water partition coefficient (Wildman–Crippen LogP) is 4.09. The topological polar surface area (TPSA) is 67.9 Å². The Bertz CT molecular complexity index is 665. The molecule has 1 unspecified atom stereocenters. The maximum absolute atomic E-state index is 12.3. The molecule has 3 rings (SSSR count). The second-order valence-corrected chi connectivity index (χ2v) is 8.75. The lowest BCUT2D eigenvalue weighted by atomic mass is 9.97. The van der Waals surface area contributed by atoms with Gasteiger partial charge in [-0.1, -0.05) is 30.3 Å². The molecule has 1 heterocycles. The highest BCUT2D eigenvalue weighted by atomic mass is 16.6. The fourth-order valence-electron chi connectivity index (χ4n) is 3.58. The van der Waals surface area contributed by atoms with Gasteiger partial charge >= 0.3 is 12.2 Å². The van der Waals surface area contributed by atoms with Gasteiger partial charge in [-0.3, -0.25) is 0 Å². The minimum atomic E-state index is -0.493. The molecule has 1 atom stereocenters. The van der Waals surface area contributed by atoms with Crippen molar-refractivity contribution in [2.45, 2.75) is 64.2 Å². The highest BCUT2D eigenvalue weighted by molar-refractivity contribution is 5.69. The van der Waals surface area contributed by atoms with Crippen LogP contribution in [-0.4, -0.2) is 41.3 Å². The second kappa shape index (κ2) is 7.79. The smallest absolute Gasteiger partial charge is 0.410 e. The number of hydrogen-bond acceptors (Lipinski definition) is 4. The summed E-state index contributed by atoms with van der Waals surface area (Å²) in [6.07, 6.45) is 3.17. The molecule has 1 aromatic carbocycles. The van der Waals surface area contributed by atoms with E-state index in [-0.39, 0.29) is 17.7 Å². The van der Waals surface area contributed by atoms with Crippen molar-refractivity contribution < 1.29 is 19.1 Å². The number of benzene rings is 1. The lowest BCUT2D eigenvalue weighted by Gasteiger charge is -2.25. The SMILES string of the molecule is CC(C)(C)OC(=O)NC1(CC2CCN(C(=O)OCc3ccccc3)C2)CC1. The van der Waals surface area contributed by atoms with E-state index in [0.717, 1.165) is 31.2 Å². The van der Waals surface area contributed by atoms with Crippen LogP contribution >= 0.6 is 0 Å². The quantitative estimate of drug-likeness (QED) is 0.843. The average Bonchev–Trinajstić information content (AvgIpc) is 3.16. The van der Waals surface area contributed by atoms with Crippen LogP contribution in [0.4, 0.5) is 9.59 Å². The molecule has 27 heavy (non-hydrogen) atoms. The Hall–Kier alpha value is -2.24. The first kappa shape index (κ1) is 19.5. The number of amides is 2. The molecule has 6 heteroatoms. The van der Waals surface area contributed by atoms with Gasteiger partial charge < -0.3 is 19.7 Å². The third-order valence-electron chi connectivity index (χ3n) is 5.05. The van der Waals surface area contributed by atoms with Gasteiger partial charge in [-0.2, -0.15) is 0 Å².